The molecule has 0 aromatic heterocycles. The average molecular weight is 522 g/mol. The first-order valence-electron chi connectivity index (χ1n) is 13.3. The molecule has 0 bridgehead atoms. The maximum absolute atomic E-state index is 13.4. The van der Waals surface area contributed by atoms with Crippen LogP contribution in [-0.2, 0) is 28.8 Å². The van der Waals surface area contributed by atoms with Gasteiger partial charge in [0, 0.05) is 31.0 Å². The highest BCUT2D eigenvalue weighted by molar-refractivity contribution is 6.38. The lowest BCUT2D eigenvalue weighted by Crippen LogP contribution is -2.57. The SMILES string of the molecule is CCC[C@@H](C(=O)N[C@@H](C[C@@H]1CCCNC1=O)C(=O)C(=O)NC1CC1)N(C)C(=O)[C@@H](C)NC(=O)C(C)(C)C. The first kappa shape index (κ1) is 30.2. The van der Waals surface area contributed by atoms with Crippen molar-refractivity contribution in [1.29, 1.82) is 0 Å². The summed E-state index contributed by atoms with van der Waals surface area (Å²) in [7, 11) is 1.48. The van der Waals surface area contributed by atoms with Gasteiger partial charge in [0.15, 0.2) is 0 Å². The Balaban J connectivity index is 2.17. The summed E-state index contributed by atoms with van der Waals surface area (Å²) in [6.07, 6.45) is 3.79. The second kappa shape index (κ2) is 13.0. The molecule has 0 aromatic rings. The lowest BCUT2D eigenvalue weighted by Gasteiger charge is -2.32. The quantitative estimate of drug-likeness (QED) is 0.273. The minimum absolute atomic E-state index is 0.00302. The summed E-state index contributed by atoms with van der Waals surface area (Å²) in [4.78, 5) is 78.0. The summed E-state index contributed by atoms with van der Waals surface area (Å²) in [5.41, 5.74) is -0.687. The van der Waals surface area contributed by atoms with Crippen LogP contribution in [0.15, 0.2) is 0 Å². The van der Waals surface area contributed by atoms with Crippen LogP contribution in [-0.4, -0.2) is 78.0 Å². The first-order valence-corrected chi connectivity index (χ1v) is 13.3. The van der Waals surface area contributed by atoms with Gasteiger partial charge >= 0.3 is 0 Å². The van der Waals surface area contributed by atoms with E-state index in [1.807, 2.05) is 6.92 Å². The smallest absolute Gasteiger partial charge is 0.289 e. The van der Waals surface area contributed by atoms with E-state index in [1.165, 1.54) is 11.9 Å². The first-order chi connectivity index (χ1) is 17.3. The molecule has 1 saturated carbocycles. The molecule has 2 aliphatic rings. The van der Waals surface area contributed by atoms with Gasteiger partial charge < -0.3 is 26.2 Å². The van der Waals surface area contributed by atoms with Gasteiger partial charge in [0.2, 0.25) is 29.4 Å². The highest BCUT2D eigenvalue weighted by Crippen LogP contribution is 2.21. The van der Waals surface area contributed by atoms with E-state index in [-0.39, 0.29) is 24.3 Å². The molecule has 0 aromatic carbocycles. The minimum atomic E-state index is -1.19. The molecule has 1 saturated heterocycles. The van der Waals surface area contributed by atoms with Crippen molar-refractivity contribution in [2.24, 2.45) is 11.3 Å². The number of Topliss-reactive ketones (excluding diaryl/α,β-unsaturated/α-hetero) is 1. The zero-order valence-electron chi connectivity index (χ0n) is 22.9. The molecule has 1 aliphatic heterocycles. The van der Waals surface area contributed by atoms with Crippen LogP contribution in [0.2, 0.25) is 0 Å². The van der Waals surface area contributed by atoms with Gasteiger partial charge in [-0.3, -0.25) is 28.8 Å². The van der Waals surface area contributed by atoms with Crippen molar-refractivity contribution in [2.75, 3.05) is 13.6 Å². The van der Waals surface area contributed by atoms with Crippen LogP contribution in [0.4, 0.5) is 0 Å². The fourth-order valence-corrected chi connectivity index (χ4v) is 4.19. The van der Waals surface area contributed by atoms with Crippen molar-refractivity contribution in [3.05, 3.63) is 0 Å². The summed E-state index contributed by atoms with van der Waals surface area (Å²) in [5.74, 6) is -3.62. The molecule has 11 nitrogen and oxygen atoms in total. The summed E-state index contributed by atoms with van der Waals surface area (Å²) in [6, 6.07) is -3.02. The number of ketones is 1. The van der Waals surface area contributed by atoms with Crippen LogP contribution >= 0.6 is 0 Å². The summed E-state index contributed by atoms with van der Waals surface area (Å²) >= 11 is 0. The summed E-state index contributed by atoms with van der Waals surface area (Å²) in [6.45, 7) is 9.18. The van der Waals surface area contributed by atoms with Crippen LogP contribution in [0.1, 0.15) is 79.6 Å². The van der Waals surface area contributed by atoms with Crippen LogP contribution in [0.25, 0.3) is 0 Å². The Morgan fingerprint density at radius 1 is 1.08 bits per heavy atom. The lowest BCUT2D eigenvalue weighted by atomic mass is 9.89. The minimum Gasteiger partial charge on any atom is -0.356 e. The molecule has 2 fully saturated rings. The molecule has 4 atom stereocenters. The van der Waals surface area contributed by atoms with Gasteiger partial charge in [0.1, 0.15) is 12.1 Å². The van der Waals surface area contributed by atoms with E-state index in [1.54, 1.807) is 27.7 Å². The zero-order chi connectivity index (χ0) is 27.9. The van der Waals surface area contributed by atoms with E-state index >= 15 is 0 Å². The Bertz CT molecular complexity index is 894. The van der Waals surface area contributed by atoms with Gasteiger partial charge in [-0.05, 0) is 45.4 Å². The van der Waals surface area contributed by atoms with Crippen molar-refractivity contribution in [1.82, 2.24) is 26.2 Å². The molecular weight excluding hydrogens is 478 g/mol. The van der Waals surface area contributed by atoms with Gasteiger partial charge in [0.05, 0.1) is 6.04 Å². The van der Waals surface area contributed by atoms with Gasteiger partial charge in [0.25, 0.3) is 5.91 Å². The predicted octanol–water partition coefficient (Wildman–Crippen LogP) is 0.413. The fourth-order valence-electron chi connectivity index (χ4n) is 4.19. The number of amides is 5. The third-order valence-electron chi connectivity index (χ3n) is 6.77. The topological polar surface area (TPSA) is 154 Å². The van der Waals surface area contributed by atoms with Crippen LogP contribution in [0.5, 0.6) is 0 Å². The standard InChI is InChI=1S/C26H43N5O6/c1-7-9-19(31(6)24(36)15(2)28-25(37)26(3,4)5)22(34)30-18(14-16-10-8-13-27-21(16)33)20(32)23(35)29-17-11-12-17/h15-19H,7-14H2,1-6H3,(H,27,33)(H,28,37)(H,29,35)(H,30,34)/t15-,16+,18+,19+/m1/s1. The molecular formula is C26H43N5O6. The molecule has 0 spiro atoms. The number of carbonyl (C=O) groups is 6. The number of piperidine rings is 1. The van der Waals surface area contributed by atoms with E-state index in [0.717, 1.165) is 19.3 Å². The number of hydrogen-bond donors (Lipinski definition) is 4. The van der Waals surface area contributed by atoms with E-state index < -0.39 is 53.0 Å². The highest BCUT2D eigenvalue weighted by Gasteiger charge is 2.38. The molecule has 208 valence electrons. The van der Waals surface area contributed by atoms with E-state index in [9.17, 15) is 28.8 Å². The molecule has 2 rings (SSSR count). The average Bonchev–Trinajstić information content (AvgIpc) is 3.65. The van der Waals surface area contributed by atoms with E-state index in [4.69, 9.17) is 0 Å². The van der Waals surface area contributed by atoms with Crippen molar-refractivity contribution in [3.63, 3.8) is 0 Å². The van der Waals surface area contributed by atoms with Gasteiger partial charge in [-0.25, -0.2) is 0 Å². The van der Waals surface area contributed by atoms with Crippen molar-refractivity contribution in [2.45, 2.75) is 104 Å². The molecule has 37 heavy (non-hydrogen) atoms. The van der Waals surface area contributed by atoms with E-state index in [0.29, 0.717) is 25.8 Å². The Morgan fingerprint density at radius 2 is 1.73 bits per heavy atom. The third kappa shape index (κ3) is 8.82. The van der Waals surface area contributed by atoms with Crippen LogP contribution in [0.3, 0.4) is 0 Å². The van der Waals surface area contributed by atoms with Gasteiger partial charge in [-0.1, -0.05) is 34.1 Å². The van der Waals surface area contributed by atoms with Gasteiger partial charge in [-0.15, -0.1) is 0 Å². The van der Waals surface area contributed by atoms with Gasteiger partial charge in [-0.2, -0.15) is 0 Å². The number of likely N-dealkylation sites (N-methyl/N-ethyl adjacent to an activating group) is 1. The maximum Gasteiger partial charge on any atom is 0.289 e. The van der Waals surface area contributed by atoms with Crippen LogP contribution in [0, 0.1) is 11.3 Å². The van der Waals surface area contributed by atoms with Crippen molar-refractivity contribution < 1.29 is 28.8 Å². The second-order valence-corrected chi connectivity index (χ2v) is 11.2. The number of nitrogens with zero attached hydrogens (tertiary/aromatic N) is 1. The summed E-state index contributed by atoms with van der Waals surface area (Å²) in [5, 5.41) is 10.8. The molecule has 5 amide bonds. The van der Waals surface area contributed by atoms with Crippen molar-refractivity contribution in [3.8, 4) is 0 Å². The number of rotatable bonds is 12. The molecule has 4 N–H and O–H groups in total. The largest absolute Gasteiger partial charge is 0.356 e. The molecule has 1 heterocycles. The Kier molecular flexibility index (Phi) is 10.6. The molecule has 1 aliphatic carbocycles. The molecule has 0 radical (unpaired) electrons. The highest BCUT2D eigenvalue weighted by atomic mass is 16.2. The second-order valence-electron chi connectivity index (χ2n) is 11.2. The lowest BCUT2D eigenvalue weighted by molar-refractivity contribution is -0.144. The molecule has 11 heteroatoms. The number of hydrogen-bond acceptors (Lipinski definition) is 6. The van der Waals surface area contributed by atoms with Crippen molar-refractivity contribution >= 4 is 35.3 Å². The Labute approximate surface area is 219 Å². The normalized spacial score (nSPS) is 20.1. The Hall–Kier alpha value is -2.98. The maximum atomic E-state index is 13.4. The monoisotopic (exact) mass is 521 g/mol. The Morgan fingerprint density at radius 3 is 2.27 bits per heavy atom. The van der Waals surface area contributed by atoms with E-state index in [2.05, 4.69) is 21.3 Å². The van der Waals surface area contributed by atoms with Crippen LogP contribution < -0.4 is 21.3 Å². The molecule has 0 unspecified atom stereocenters. The fraction of sp³-hybridized carbons (Fsp3) is 0.769. The zero-order valence-corrected chi connectivity index (χ0v) is 22.9. The number of nitrogens with one attached hydrogen (secondary N) is 4. The summed E-state index contributed by atoms with van der Waals surface area (Å²) < 4.78 is 0. The predicted molar refractivity (Wildman–Crippen MR) is 137 cm³/mol. The number of carbonyl (C=O) groups excluding carboxylic acids is 6. The third-order valence-corrected chi connectivity index (χ3v) is 6.77.